The Labute approximate surface area is 121 Å². The number of alkyl halides is 3. The van der Waals surface area contributed by atoms with Crippen molar-refractivity contribution < 1.29 is 23.1 Å². The molecule has 0 bridgehead atoms. The van der Waals surface area contributed by atoms with Crippen LogP contribution < -0.4 is 4.90 Å². The Balaban J connectivity index is 2.32. The van der Waals surface area contributed by atoms with Gasteiger partial charge >= 0.3 is 12.1 Å². The van der Waals surface area contributed by atoms with Crippen LogP contribution in [-0.2, 0) is 11.0 Å². The first kappa shape index (κ1) is 15.7. The second-order valence-electron chi connectivity index (χ2n) is 5.52. The normalized spacial score (nSPS) is 22.6. The highest BCUT2D eigenvalue weighted by atomic mass is 19.4. The summed E-state index contributed by atoms with van der Waals surface area (Å²) in [6.45, 7) is 2.35. The highest BCUT2D eigenvalue weighted by molar-refractivity contribution is 5.77. The van der Waals surface area contributed by atoms with E-state index in [1.807, 2.05) is 6.92 Å². The minimum atomic E-state index is -4.43. The van der Waals surface area contributed by atoms with Crippen LogP contribution in [0.1, 0.15) is 31.7 Å². The van der Waals surface area contributed by atoms with Gasteiger partial charge < -0.3 is 10.0 Å². The van der Waals surface area contributed by atoms with E-state index in [0.29, 0.717) is 25.8 Å². The fraction of sp³-hybridized carbons (Fsp3) is 0.533. The molecule has 21 heavy (non-hydrogen) atoms. The molecule has 2 rings (SSSR count). The topological polar surface area (TPSA) is 40.5 Å². The van der Waals surface area contributed by atoms with E-state index >= 15 is 0 Å². The van der Waals surface area contributed by atoms with Crippen molar-refractivity contribution in [1.82, 2.24) is 0 Å². The van der Waals surface area contributed by atoms with Crippen LogP contribution in [-0.4, -0.2) is 24.2 Å². The molecule has 1 N–H and O–H groups in total. The van der Waals surface area contributed by atoms with Gasteiger partial charge in [-0.3, -0.25) is 4.79 Å². The summed E-state index contributed by atoms with van der Waals surface area (Å²) in [6.07, 6.45) is -2.88. The molecule has 1 aromatic rings. The van der Waals surface area contributed by atoms with Crippen LogP contribution in [0.4, 0.5) is 18.9 Å². The molecule has 1 saturated heterocycles. The molecule has 0 aliphatic carbocycles. The molecule has 1 fully saturated rings. The first-order valence-corrected chi connectivity index (χ1v) is 6.95. The van der Waals surface area contributed by atoms with E-state index in [0.717, 1.165) is 6.07 Å². The number of halogens is 3. The van der Waals surface area contributed by atoms with Crippen LogP contribution in [0.3, 0.4) is 0 Å². The Morgan fingerprint density at radius 3 is 2.62 bits per heavy atom. The van der Waals surface area contributed by atoms with Crippen LogP contribution in [0.25, 0.3) is 0 Å². The van der Waals surface area contributed by atoms with Crippen molar-refractivity contribution in [3.05, 3.63) is 29.8 Å². The van der Waals surface area contributed by atoms with E-state index in [1.165, 1.54) is 12.1 Å². The number of carboxylic acid groups (broad SMARTS) is 1. The zero-order valence-electron chi connectivity index (χ0n) is 11.8. The molecule has 116 valence electrons. The highest BCUT2D eigenvalue weighted by Gasteiger charge is 2.45. The van der Waals surface area contributed by atoms with Gasteiger partial charge in [0.2, 0.25) is 0 Å². The Hall–Kier alpha value is -1.72. The zero-order chi connectivity index (χ0) is 15.7. The molecule has 1 atom stereocenters. The maximum absolute atomic E-state index is 13.1. The molecule has 3 nitrogen and oxygen atoms in total. The van der Waals surface area contributed by atoms with Crippen molar-refractivity contribution in [2.24, 2.45) is 5.41 Å². The molecule has 1 unspecified atom stereocenters. The van der Waals surface area contributed by atoms with Gasteiger partial charge in [-0.25, -0.2) is 0 Å². The lowest BCUT2D eigenvalue weighted by Gasteiger charge is -2.27. The molecule has 0 saturated carbocycles. The lowest BCUT2D eigenvalue weighted by molar-refractivity contribution is -0.148. The van der Waals surface area contributed by atoms with Gasteiger partial charge in [0.15, 0.2) is 0 Å². The van der Waals surface area contributed by atoms with E-state index in [2.05, 4.69) is 0 Å². The molecule has 0 aromatic heterocycles. The number of anilines is 1. The summed E-state index contributed by atoms with van der Waals surface area (Å²) in [7, 11) is 0. The van der Waals surface area contributed by atoms with Crippen molar-refractivity contribution in [1.29, 1.82) is 0 Å². The summed E-state index contributed by atoms with van der Waals surface area (Å²) in [5.41, 5.74) is -1.57. The minimum absolute atomic E-state index is 0.0734. The van der Waals surface area contributed by atoms with Crippen molar-refractivity contribution in [2.45, 2.75) is 32.4 Å². The van der Waals surface area contributed by atoms with Crippen molar-refractivity contribution in [3.63, 3.8) is 0 Å². The van der Waals surface area contributed by atoms with Gasteiger partial charge in [0.1, 0.15) is 0 Å². The third-order valence-electron chi connectivity index (χ3n) is 4.09. The monoisotopic (exact) mass is 301 g/mol. The van der Waals surface area contributed by atoms with Crippen LogP contribution in [0.2, 0.25) is 0 Å². The summed E-state index contributed by atoms with van der Waals surface area (Å²) >= 11 is 0. The largest absolute Gasteiger partial charge is 0.481 e. The Morgan fingerprint density at radius 2 is 2.05 bits per heavy atom. The van der Waals surface area contributed by atoms with Crippen LogP contribution >= 0.6 is 0 Å². The van der Waals surface area contributed by atoms with Crippen LogP contribution in [0.15, 0.2) is 24.3 Å². The van der Waals surface area contributed by atoms with Gasteiger partial charge in [0.05, 0.1) is 11.0 Å². The van der Waals surface area contributed by atoms with Crippen molar-refractivity contribution >= 4 is 11.7 Å². The molecule has 1 aliphatic rings. The van der Waals surface area contributed by atoms with Gasteiger partial charge in [-0.2, -0.15) is 13.2 Å². The first-order chi connectivity index (χ1) is 9.80. The van der Waals surface area contributed by atoms with E-state index < -0.39 is 23.1 Å². The number of carbonyl (C=O) groups is 1. The Bertz CT molecular complexity index is 530. The molecule has 0 radical (unpaired) electrons. The SMILES string of the molecule is CCCC1(C(=O)O)CCN(c2ccccc2C(F)(F)F)C1. The quantitative estimate of drug-likeness (QED) is 0.920. The van der Waals surface area contributed by atoms with Crippen LogP contribution in [0, 0.1) is 5.41 Å². The number of rotatable bonds is 4. The van der Waals surface area contributed by atoms with E-state index in [-0.39, 0.29) is 12.2 Å². The average molecular weight is 301 g/mol. The molecule has 0 spiro atoms. The number of hydrogen-bond acceptors (Lipinski definition) is 2. The summed E-state index contributed by atoms with van der Waals surface area (Å²) in [6, 6.07) is 5.34. The highest BCUT2D eigenvalue weighted by Crippen LogP contribution is 2.42. The molecule has 6 heteroatoms. The summed E-state index contributed by atoms with van der Waals surface area (Å²) in [5.74, 6) is -0.920. The first-order valence-electron chi connectivity index (χ1n) is 6.95. The molecule has 1 aromatic carbocycles. The number of benzene rings is 1. The standard InChI is InChI=1S/C15H18F3NO2/c1-2-7-14(13(20)21)8-9-19(10-14)12-6-4-3-5-11(12)15(16,17)18/h3-6H,2,7-10H2,1H3,(H,20,21). The molecular weight excluding hydrogens is 283 g/mol. The molecule has 1 aliphatic heterocycles. The summed E-state index contributed by atoms with van der Waals surface area (Å²) < 4.78 is 39.2. The summed E-state index contributed by atoms with van der Waals surface area (Å²) in [5, 5.41) is 9.44. The lowest BCUT2D eigenvalue weighted by atomic mass is 9.83. The fourth-order valence-electron chi connectivity index (χ4n) is 3.03. The maximum atomic E-state index is 13.1. The summed E-state index contributed by atoms with van der Waals surface area (Å²) in [4.78, 5) is 13.1. The number of carboxylic acids is 1. The maximum Gasteiger partial charge on any atom is 0.418 e. The van der Waals surface area contributed by atoms with Gasteiger partial charge in [0.25, 0.3) is 0 Å². The van der Waals surface area contributed by atoms with Gasteiger partial charge in [-0.05, 0) is 25.0 Å². The van der Waals surface area contributed by atoms with Crippen LogP contribution in [0.5, 0.6) is 0 Å². The van der Waals surface area contributed by atoms with Crippen molar-refractivity contribution in [2.75, 3.05) is 18.0 Å². The second-order valence-corrected chi connectivity index (χ2v) is 5.52. The van der Waals surface area contributed by atoms with Gasteiger partial charge in [-0.15, -0.1) is 0 Å². The predicted octanol–water partition coefficient (Wildman–Crippen LogP) is 3.79. The molecule has 1 heterocycles. The van der Waals surface area contributed by atoms with E-state index in [1.54, 1.807) is 11.0 Å². The fourth-order valence-corrected chi connectivity index (χ4v) is 3.03. The van der Waals surface area contributed by atoms with E-state index in [9.17, 15) is 23.1 Å². The number of nitrogens with zero attached hydrogens (tertiary/aromatic N) is 1. The minimum Gasteiger partial charge on any atom is -0.481 e. The third-order valence-corrected chi connectivity index (χ3v) is 4.09. The second kappa shape index (κ2) is 5.58. The lowest BCUT2D eigenvalue weighted by Crippen LogP contribution is -2.35. The Morgan fingerprint density at radius 1 is 1.38 bits per heavy atom. The zero-order valence-corrected chi connectivity index (χ0v) is 11.8. The number of aliphatic carboxylic acids is 1. The van der Waals surface area contributed by atoms with E-state index in [4.69, 9.17) is 0 Å². The van der Waals surface area contributed by atoms with Crippen molar-refractivity contribution in [3.8, 4) is 0 Å². The predicted molar refractivity (Wildman–Crippen MR) is 73.3 cm³/mol. The smallest absolute Gasteiger partial charge is 0.418 e. The van der Waals surface area contributed by atoms with Gasteiger partial charge in [-0.1, -0.05) is 25.5 Å². The number of para-hydroxylation sites is 1. The average Bonchev–Trinajstić information content (AvgIpc) is 2.84. The Kier molecular flexibility index (Phi) is 4.16. The molecular formula is C15H18F3NO2. The van der Waals surface area contributed by atoms with Gasteiger partial charge in [0, 0.05) is 18.8 Å². The third kappa shape index (κ3) is 2.99. The number of hydrogen-bond donors (Lipinski definition) is 1. The molecule has 0 amide bonds.